The lowest BCUT2D eigenvalue weighted by Crippen LogP contribution is -2.40. The van der Waals surface area contributed by atoms with Gasteiger partial charge < -0.3 is 24.7 Å². The molecular formula is C20H21F2N5O4. The van der Waals surface area contributed by atoms with Crippen LogP contribution in [0.25, 0.3) is 11.4 Å². The van der Waals surface area contributed by atoms with Crippen LogP contribution >= 0.6 is 0 Å². The van der Waals surface area contributed by atoms with Crippen LogP contribution in [-0.2, 0) is 20.9 Å². The van der Waals surface area contributed by atoms with Gasteiger partial charge in [0.1, 0.15) is 36.9 Å². The Morgan fingerprint density at radius 1 is 1.39 bits per heavy atom. The van der Waals surface area contributed by atoms with E-state index in [4.69, 9.17) is 15.2 Å². The van der Waals surface area contributed by atoms with E-state index in [0.717, 1.165) is 10.6 Å². The first kappa shape index (κ1) is 20.7. The number of amides is 1. The molecule has 2 N–H and O–H groups in total. The number of benzene rings is 1. The zero-order chi connectivity index (χ0) is 22.3. The fourth-order valence-corrected chi connectivity index (χ4v) is 3.60. The lowest BCUT2D eigenvalue weighted by Gasteiger charge is -2.25. The highest BCUT2D eigenvalue weighted by atomic mass is 19.3. The number of imidazole rings is 1. The molecule has 4 rings (SSSR count). The summed E-state index contributed by atoms with van der Waals surface area (Å²) in [5.74, 6) is 2.01. The first-order valence-electron chi connectivity index (χ1n) is 9.63. The number of likely N-dealkylation sites (N-methyl/N-ethyl adjacent to an activating group) is 1. The summed E-state index contributed by atoms with van der Waals surface area (Å²) in [5.41, 5.74) is 6.77. The van der Waals surface area contributed by atoms with Crippen molar-refractivity contribution in [3.63, 3.8) is 0 Å². The lowest BCUT2D eigenvalue weighted by atomic mass is 10.1. The van der Waals surface area contributed by atoms with Gasteiger partial charge in [0.25, 0.3) is 12.3 Å². The summed E-state index contributed by atoms with van der Waals surface area (Å²) in [6.07, 6.45) is -1.14. The molecule has 2 aromatic rings. The third kappa shape index (κ3) is 3.57. The minimum absolute atomic E-state index is 0.174. The average molecular weight is 433 g/mol. The van der Waals surface area contributed by atoms with Crippen LogP contribution < -0.4 is 20.3 Å². The monoisotopic (exact) mass is 433 g/mol. The van der Waals surface area contributed by atoms with Crippen LogP contribution in [0.1, 0.15) is 6.92 Å². The van der Waals surface area contributed by atoms with Gasteiger partial charge in [0, 0.05) is 25.0 Å². The van der Waals surface area contributed by atoms with Crippen LogP contribution in [0.3, 0.4) is 0 Å². The van der Waals surface area contributed by atoms with Gasteiger partial charge in [-0.05, 0) is 19.1 Å². The third-order valence-electron chi connectivity index (χ3n) is 5.53. The van der Waals surface area contributed by atoms with E-state index in [-0.39, 0.29) is 18.3 Å². The Morgan fingerprint density at radius 3 is 2.84 bits per heavy atom. The summed E-state index contributed by atoms with van der Waals surface area (Å²) >= 11 is 0. The zero-order valence-electron chi connectivity index (χ0n) is 16.9. The number of rotatable bonds is 5. The van der Waals surface area contributed by atoms with Crippen molar-refractivity contribution in [2.75, 3.05) is 30.1 Å². The van der Waals surface area contributed by atoms with E-state index >= 15 is 0 Å². The maximum atomic E-state index is 13.5. The van der Waals surface area contributed by atoms with E-state index in [1.54, 1.807) is 53.8 Å². The topological polar surface area (TPSA) is 103 Å². The number of fused-ring (bicyclic) bond motifs is 3. The molecule has 0 radical (unpaired) electrons. The molecule has 2 aliphatic heterocycles. The Hall–Kier alpha value is -3.59. The van der Waals surface area contributed by atoms with Gasteiger partial charge in [-0.1, -0.05) is 0 Å². The van der Waals surface area contributed by atoms with E-state index < -0.39 is 24.4 Å². The van der Waals surface area contributed by atoms with Gasteiger partial charge in [-0.3, -0.25) is 9.69 Å². The molecule has 11 heteroatoms. The normalized spacial score (nSPS) is 18.4. The molecule has 1 amide bonds. The van der Waals surface area contributed by atoms with Crippen LogP contribution in [0.2, 0.25) is 0 Å². The summed E-state index contributed by atoms with van der Waals surface area (Å²) < 4.78 is 39.6. The van der Waals surface area contributed by atoms with Crippen LogP contribution in [0.5, 0.6) is 5.75 Å². The van der Waals surface area contributed by atoms with Crippen molar-refractivity contribution in [1.29, 1.82) is 0 Å². The van der Waals surface area contributed by atoms with Gasteiger partial charge in [0.2, 0.25) is 5.91 Å². The van der Waals surface area contributed by atoms with Crippen molar-refractivity contribution in [3.8, 4) is 17.1 Å². The second kappa shape index (κ2) is 7.92. The fourth-order valence-electron chi connectivity index (χ4n) is 3.60. The predicted molar refractivity (Wildman–Crippen MR) is 108 cm³/mol. The molecule has 0 spiro atoms. The van der Waals surface area contributed by atoms with Crippen molar-refractivity contribution < 1.29 is 27.8 Å². The molecule has 2 atom stereocenters. The minimum Gasteiger partial charge on any atom is -0.491 e. The molecule has 0 aliphatic carbocycles. The SMILES string of the molecule is C[C@@H](C(N)=O)N(C)c1ccc2c(c1)OCCn1cc(N3C(=C=O)OC[C@H]3C(F)F)nc1-2. The summed E-state index contributed by atoms with van der Waals surface area (Å²) in [6.45, 7) is 2.12. The third-order valence-corrected chi connectivity index (χ3v) is 5.53. The number of carbonyl (C=O) groups excluding carboxylic acids is 2. The fraction of sp³-hybridized carbons (Fsp3) is 0.400. The molecule has 0 saturated carbocycles. The molecule has 9 nitrogen and oxygen atoms in total. The summed E-state index contributed by atoms with van der Waals surface area (Å²) in [4.78, 5) is 30.0. The number of hydrogen-bond donors (Lipinski definition) is 1. The average Bonchev–Trinajstić information content (AvgIpc) is 3.32. The molecule has 1 aromatic heterocycles. The van der Waals surface area contributed by atoms with E-state index in [2.05, 4.69) is 4.98 Å². The maximum Gasteiger partial charge on any atom is 0.284 e. The van der Waals surface area contributed by atoms with Gasteiger partial charge in [-0.2, -0.15) is 0 Å². The van der Waals surface area contributed by atoms with Crippen molar-refractivity contribution in [2.24, 2.45) is 5.73 Å². The number of nitrogens with two attached hydrogens (primary N) is 1. The van der Waals surface area contributed by atoms with E-state index in [1.165, 1.54) is 0 Å². The number of nitrogens with zero attached hydrogens (tertiary/aromatic N) is 4. The molecule has 31 heavy (non-hydrogen) atoms. The van der Waals surface area contributed by atoms with E-state index in [1.807, 2.05) is 0 Å². The van der Waals surface area contributed by atoms with Crippen LogP contribution in [0.4, 0.5) is 20.3 Å². The number of ether oxygens (including phenoxy) is 2. The molecular weight excluding hydrogens is 412 g/mol. The first-order chi connectivity index (χ1) is 14.8. The number of hydrogen-bond acceptors (Lipinski definition) is 7. The molecule has 1 aromatic carbocycles. The highest BCUT2D eigenvalue weighted by Gasteiger charge is 2.40. The van der Waals surface area contributed by atoms with Gasteiger partial charge in [-0.15, -0.1) is 0 Å². The van der Waals surface area contributed by atoms with Crippen molar-refractivity contribution in [1.82, 2.24) is 9.55 Å². The largest absolute Gasteiger partial charge is 0.491 e. The molecule has 3 heterocycles. The highest BCUT2D eigenvalue weighted by Crippen LogP contribution is 2.38. The predicted octanol–water partition coefficient (Wildman–Crippen LogP) is 1.40. The Kier molecular flexibility index (Phi) is 5.28. The van der Waals surface area contributed by atoms with Crippen molar-refractivity contribution in [2.45, 2.75) is 32.0 Å². The number of anilines is 2. The second-order valence-corrected chi connectivity index (χ2v) is 7.32. The molecule has 164 valence electrons. The minimum atomic E-state index is -2.73. The number of primary amides is 1. The van der Waals surface area contributed by atoms with E-state index in [9.17, 15) is 18.4 Å². The number of carbonyl (C=O) groups is 1. The molecule has 0 unspecified atom stereocenters. The van der Waals surface area contributed by atoms with Gasteiger partial charge >= 0.3 is 0 Å². The number of alkyl halides is 2. The molecule has 2 aliphatic rings. The Labute approximate surface area is 176 Å². The van der Waals surface area contributed by atoms with Crippen molar-refractivity contribution in [3.05, 3.63) is 30.3 Å². The summed E-state index contributed by atoms with van der Waals surface area (Å²) in [6, 6.07) is 3.51. The highest BCUT2D eigenvalue weighted by molar-refractivity contribution is 5.83. The van der Waals surface area contributed by atoms with Crippen molar-refractivity contribution >= 4 is 23.4 Å². The Balaban J connectivity index is 1.73. The van der Waals surface area contributed by atoms with Gasteiger partial charge in [-0.25, -0.2) is 18.6 Å². The van der Waals surface area contributed by atoms with Gasteiger partial charge in [0.05, 0.1) is 12.1 Å². The molecule has 0 bridgehead atoms. The number of aromatic nitrogens is 2. The van der Waals surface area contributed by atoms with Gasteiger partial charge in [0.15, 0.2) is 11.8 Å². The van der Waals surface area contributed by atoms with E-state index in [0.29, 0.717) is 30.3 Å². The summed E-state index contributed by atoms with van der Waals surface area (Å²) in [7, 11) is 1.75. The lowest BCUT2D eigenvalue weighted by molar-refractivity contribution is -0.118. The summed E-state index contributed by atoms with van der Waals surface area (Å²) in [5, 5.41) is 0. The quantitative estimate of drug-likeness (QED) is 0.711. The Bertz CT molecular complexity index is 1070. The zero-order valence-corrected chi connectivity index (χ0v) is 16.9. The second-order valence-electron chi connectivity index (χ2n) is 7.32. The van der Waals surface area contributed by atoms with Crippen LogP contribution in [0.15, 0.2) is 30.3 Å². The molecule has 1 saturated heterocycles. The van der Waals surface area contributed by atoms with Crippen LogP contribution in [-0.4, -0.2) is 60.2 Å². The smallest absolute Gasteiger partial charge is 0.284 e. The first-order valence-corrected chi connectivity index (χ1v) is 9.63. The standard InChI is InChI=1S/C20H21F2N5O4/c1-11(19(23)29)25(2)12-3-4-13-15(7-12)30-6-5-26-8-16(24-20(13)26)27-14(18(21)22)10-31-17(27)9-28/h3-4,7-8,11,14,18H,5-6,10H2,1-2H3,(H2,23,29)/t11-,14-/m0/s1. The number of halogens is 2. The Morgan fingerprint density at radius 2 is 2.16 bits per heavy atom. The van der Waals surface area contributed by atoms with Crippen LogP contribution in [0, 0.1) is 0 Å². The maximum absolute atomic E-state index is 13.5. The molecule has 1 fully saturated rings.